The molecule has 0 aliphatic heterocycles. The maximum Gasteiger partial charge on any atom is 0.218 e. The number of rotatable bonds is 1. The molecule has 1 heteroatoms. The average molecular weight is 163 g/mol. The highest BCUT2D eigenvalue weighted by Gasteiger charge is 2.53. The first-order valence-electron chi connectivity index (χ1n) is 4.99. The zero-order chi connectivity index (χ0) is 8.77. The Morgan fingerprint density at radius 3 is 2.67 bits per heavy atom. The Hall–Kier alpha value is -0.510. The second-order valence-electron chi connectivity index (χ2n) is 5.04. The molecule has 0 radical (unpaired) electrons. The molecular weight excluding hydrogens is 146 g/mol. The number of fused-ring (bicyclic) bond motifs is 2. The first-order chi connectivity index (χ1) is 5.66. The fourth-order valence-electron chi connectivity index (χ4n) is 3.45. The van der Waals surface area contributed by atoms with E-state index in [2.05, 4.69) is 18.7 Å². The van der Waals surface area contributed by atoms with Crippen molar-refractivity contribution in [3.63, 3.8) is 0 Å². The first-order valence-corrected chi connectivity index (χ1v) is 4.99. The van der Waals surface area contributed by atoms with Crippen LogP contribution in [-0.2, 0) is 0 Å². The van der Waals surface area contributed by atoms with Crippen LogP contribution in [0.25, 0.3) is 4.85 Å². The second kappa shape index (κ2) is 2.49. The summed E-state index contributed by atoms with van der Waals surface area (Å²) in [6.45, 7) is 12.5. The number of hydrogen-bond donors (Lipinski definition) is 0. The summed E-state index contributed by atoms with van der Waals surface area (Å²) in [6.07, 6.45) is 4.23. The van der Waals surface area contributed by atoms with Gasteiger partial charge in [-0.1, -0.05) is 13.8 Å². The molecule has 66 valence electrons. The van der Waals surface area contributed by atoms with Gasteiger partial charge < -0.3 is 4.85 Å². The maximum absolute atomic E-state index is 6.95. The Morgan fingerprint density at radius 1 is 1.42 bits per heavy atom. The zero-order valence-electron chi connectivity index (χ0n) is 8.01. The molecule has 0 N–H and O–H groups in total. The highest BCUT2D eigenvalue weighted by molar-refractivity contribution is 5.03. The van der Waals surface area contributed by atoms with Crippen molar-refractivity contribution in [1.29, 1.82) is 0 Å². The normalized spacial score (nSPS) is 42.9. The molecule has 2 aliphatic carbocycles. The minimum absolute atomic E-state index is 0.466. The Morgan fingerprint density at radius 2 is 2.17 bits per heavy atom. The Labute approximate surface area is 75.0 Å². The van der Waals surface area contributed by atoms with Gasteiger partial charge >= 0.3 is 0 Å². The van der Waals surface area contributed by atoms with Gasteiger partial charge in [0, 0.05) is 5.92 Å². The van der Waals surface area contributed by atoms with Crippen LogP contribution in [0.3, 0.4) is 0 Å². The molecule has 0 amide bonds. The second-order valence-corrected chi connectivity index (χ2v) is 5.04. The molecule has 0 heterocycles. The largest absolute Gasteiger partial charge is 0.317 e. The highest BCUT2D eigenvalue weighted by Crippen LogP contribution is 2.59. The van der Waals surface area contributed by atoms with Crippen LogP contribution in [0.2, 0.25) is 0 Å². The van der Waals surface area contributed by atoms with Crippen molar-refractivity contribution >= 4 is 0 Å². The number of nitrogens with zero attached hydrogens (tertiary/aromatic N) is 1. The fraction of sp³-hybridized carbons (Fsp3) is 0.909. The average Bonchev–Trinajstić information content (AvgIpc) is 2.53. The van der Waals surface area contributed by atoms with Gasteiger partial charge in [0.25, 0.3) is 0 Å². The molecule has 0 unspecified atom stereocenters. The minimum Gasteiger partial charge on any atom is -0.317 e. The third-order valence-corrected chi connectivity index (χ3v) is 4.34. The molecule has 2 fully saturated rings. The summed E-state index contributed by atoms with van der Waals surface area (Å²) >= 11 is 0. The molecule has 1 nitrogen and oxygen atoms in total. The summed E-state index contributed by atoms with van der Waals surface area (Å²) in [5, 5.41) is 0. The van der Waals surface area contributed by atoms with Crippen molar-refractivity contribution in [2.45, 2.75) is 33.1 Å². The molecule has 2 aliphatic rings. The van der Waals surface area contributed by atoms with Crippen molar-refractivity contribution in [3.8, 4) is 0 Å². The first kappa shape index (κ1) is 8.10. The van der Waals surface area contributed by atoms with Crippen molar-refractivity contribution in [2.75, 3.05) is 6.54 Å². The quantitative estimate of drug-likeness (QED) is 0.523. The van der Waals surface area contributed by atoms with E-state index in [1.54, 1.807) is 0 Å². The van der Waals surface area contributed by atoms with Crippen LogP contribution in [0.5, 0.6) is 0 Å². The van der Waals surface area contributed by atoms with Gasteiger partial charge in [-0.25, -0.2) is 6.57 Å². The lowest BCUT2D eigenvalue weighted by Gasteiger charge is -2.35. The lowest BCUT2D eigenvalue weighted by molar-refractivity contribution is 0.135. The Balaban J connectivity index is 2.18. The van der Waals surface area contributed by atoms with Gasteiger partial charge in [0.1, 0.15) is 0 Å². The molecule has 0 aromatic rings. The van der Waals surface area contributed by atoms with Gasteiger partial charge in [-0.15, -0.1) is 0 Å². The van der Waals surface area contributed by atoms with E-state index in [0.29, 0.717) is 11.3 Å². The predicted octanol–water partition coefficient (Wildman–Crippen LogP) is 2.98. The third-order valence-electron chi connectivity index (χ3n) is 4.34. The molecule has 12 heavy (non-hydrogen) atoms. The lowest BCUT2D eigenvalue weighted by Crippen LogP contribution is -2.32. The standard InChI is InChI=1S/C11H17N/c1-11(2)9-5-4-8(6-9)10(11)7-12-3/h8-10H,4-7H2,1-2H3/t8-,9+,10-/m1/s1. The van der Waals surface area contributed by atoms with Crippen LogP contribution < -0.4 is 0 Å². The lowest BCUT2D eigenvalue weighted by atomic mass is 9.69. The van der Waals surface area contributed by atoms with Crippen LogP contribution in [0.1, 0.15) is 33.1 Å². The van der Waals surface area contributed by atoms with E-state index in [0.717, 1.165) is 18.4 Å². The molecule has 2 bridgehead atoms. The van der Waals surface area contributed by atoms with E-state index in [1.165, 1.54) is 19.3 Å². The van der Waals surface area contributed by atoms with Gasteiger partial charge in [-0.05, 0) is 36.5 Å². The van der Waals surface area contributed by atoms with Crippen LogP contribution >= 0.6 is 0 Å². The predicted molar refractivity (Wildman–Crippen MR) is 49.6 cm³/mol. The molecule has 2 rings (SSSR count). The molecule has 0 aromatic carbocycles. The Kier molecular flexibility index (Phi) is 1.68. The summed E-state index contributed by atoms with van der Waals surface area (Å²) in [7, 11) is 0. The van der Waals surface area contributed by atoms with Crippen molar-refractivity contribution in [1.82, 2.24) is 0 Å². The zero-order valence-corrected chi connectivity index (χ0v) is 8.01. The van der Waals surface area contributed by atoms with Gasteiger partial charge in [-0.3, -0.25) is 0 Å². The molecule has 3 atom stereocenters. The molecule has 2 saturated carbocycles. The summed E-state index contributed by atoms with van der Waals surface area (Å²) in [6, 6.07) is 0. The third kappa shape index (κ3) is 0.905. The van der Waals surface area contributed by atoms with Gasteiger partial charge in [0.05, 0.1) is 0 Å². The van der Waals surface area contributed by atoms with Gasteiger partial charge in [-0.2, -0.15) is 0 Å². The van der Waals surface area contributed by atoms with Crippen molar-refractivity contribution in [2.24, 2.45) is 23.2 Å². The molecule has 0 aromatic heterocycles. The van der Waals surface area contributed by atoms with Gasteiger partial charge in [0.2, 0.25) is 6.54 Å². The molecule has 0 saturated heterocycles. The number of hydrogen-bond acceptors (Lipinski definition) is 0. The Bertz CT molecular complexity index is 224. The topological polar surface area (TPSA) is 4.36 Å². The minimum atomic E-state index is 0.466. The van der Waals surface area contributed by atoms with E-state index in [-0.39, 0.29) is 0 Å². The summed E-state index contributed by atoms with van der Waals surface area (Å²) < 4.78 is 0. The van der Waals surface area contributed by atoms with E-state index in [9.17, 15) is 0 Å². The SMILES string of the molecule is [C-]#[N+]C[C@@H]1[C@@H]2CC[C@@H](C2)C1(C)C. The van der Waals surface area contributed by atoms with Crippen molar-refractivity contribution in [3.05, 3.63) is 11.4 Å². The van der Waals surface area contributed by atoms with Crippen LogP contribution in [-0.4, -0.2) is 6.54 Å². The maximum atomic E-state index is 6.95. The van der Waals surface area contributed by atoms with E-state index < -0.39 is 0 Å². The van der Waals surface area contributed by atoms with Crippen LogP contribution in [0.4, 0.5) is 0 Å². The molecular formula is C11H17N. The van der Waals surface area contributed by atoms with Gasteiger partial charge in [0.15, 0.2) is 0 Å². The monoisotopic (exact) mass is 163 g/mol. The van der Waals surface area contributed by atoms with E-state index in [4.69, 9.17) is 6.57 Å². The summed E-state index contributed by atoms with van der Waals surface area (Å²) in [5.41, 5.74) is 0.466. The fourth-order valence-corrected chi connectivity index (χ4v) is 3.45. The van der Waals surface area contributed by atoms with Crippen LogP contribution in [0.15, 0.2) is 0 Å². The van der Waals surface area contributed by atoms with E-state index in [1.807, 2.05) is 0 Å². The highest BCUT2D eigenvalue weighted by atomic mass is 14.7. The van der Waals surface area contributed by atoms with Crippen molar-refractivity contribution < 1.29 is 0 Å². The van der Waals surface area contributed by atoms with Crippen LogP contribution in [0, 0.1) is 29.7 Å². The summed E-state index contributed by atoms with van der Waals surface area (Å²) in [4.78, 5) is 3.58. The smallest absolute Gasteiger partial charge is 0.218 e. The van der Waals surface area contributed by atoms with E-state index >= 15 is 0 Å². The molecule has 0 spiro atoms. The summed E-state index contributed by atoms with van der Waals surface area (Å²) in [5.74, 6) is 2.52.